The minimum absolute atomic E-state index is 0.163. The Balaban J connectivity index is 2.91. The maximum atomic E-state index is 11.7. The highest BCUT2D eigenvalue weighted by atomic mass is 19.1. The summed E-state index contributed by atoms with van der Waals surface area (Å²) < 4.78 is 11.7. The Hall–Kier alpha value is -0.370. The van der Waals surface area contributed by atoms with Gasteiger partial charge in [-0.25, -0.2) is 0 Å². The average molecular weight is 202 g/mol. The Kier molecular flexibility index (Phi) is 12.3. The zero-order chi connectivity index (χ0) is 10.5. The fourth-order valence-electron chi connectivity index (χ4n) is 1.37. The predicted octanol–water partition coefficient (Wildman–Crippen LogP) is 3.63. The van der Waals surface area contributed by atoms with Crippen LogP contribution in [-0.2, 0) is 0 Å². The van der Waals surface area contributed by atoms with Crippen LogP contribution in [0.4, 0.5) is 4.39 Å². The van der Waals surface area contributed by atoms with Crippen molar-refractivity contribution < 1.29 is 9.50 Å². The monoisotopic (exact) mass is 202 g/mol. The molecule has 0 radical (unpaired) electrons. The van der Waals surface area contributed by atoms with E-state index in [2.05, 4.69) is 6.08 Å². The molecule has 0 aromatic heterocycles. The fourth-order valence-corrected chi connectivity index (χ4v) is 1.37. The number of rotatable bonds is 10. The molecular weight excluding hydrogens is 179 g/mol. The van der Waals surface area contributed by atoms with Crippen LogP contribution in [0.5, 0.6) is 0 Å². The van der Waals surface area contributed by atoms with Gasteiger partial charge in [-0.2, -0.15) is 0 Å². The molecular formula is C12H23FO. The highest BCUT2D eigenvalue weighted by Crippen LogP contribution is 2.07. The van der Waals surface area contributed by atoms with Crippen LogP contribution in [0, 0.1) is 0 Å². The lowest BCUT2D eigenvalue weighted by Crippen LogP contribution is -1.81. The van der Waals surface area contributed by atoms with E-state index >= 15 is 0 Å². The standard InChI is InChI=1S/C12H23FO/c13-11-9-7-5-3-1-2-4-6-8-10-12-14/h6,8,14H,1-5,7,9-12H2/b8-6+. The van der Waals surface area contributed by atoms with Crippen molar-refractivity contribution in [1.29, 1.82) is 0 Å². The molecule has 1 N–H and O–H groups in total. The Bertz CT molecular complexity index is 123. The minimum atomic E-state index is -0.163. The van der Waals surface area contributed by atoms with Crippen LogP contribution < -0.4 is 0 Å². The van der Waals surface area contributed by atoms with Crippen LogP contribution in [0.2, 0.25) is 0 Å². The summed E-state index contributed by atoms with van der Waals surface area (Å²) in [5.41, 5.74) is 0. The molecule has 0 aromatic rings. The first-order valence-corrected chi connectivity index (χ1v) is 5.73. The van der Waals surface area contributed by atoms with E-state index in [0.29, 0.717) is 0 Å². The van der Waals surface area contributed by atoms with Gasteiger partial charge in [-0.1, -0.05) is 37.8 Å². The lowest BCUT2D eigenvalue weighted by atomic mass is 10.1. The Labute approximate surface area is 87.0 Å². The van der Waals surface area contributed by atoms with E-state index in [4.69, 9.17) is 5.11 Å². The molecule has 0 fully saturated rings. The summed E-state index contributed by atoms with van der Waals surface area (Å²) in [6, 6.07) is 0. The highest BCUT2D eigenvalue weighted by Gasteiger charge is 1.89. The largest absolute Gasteiger partial charge is 0.396 e. The van der Waals surface area contributed by atoms with E-state index in [1.165, 1.54) is 25.7 Å². The van der Waals surface area contributed by atoms with Crippen LogP contribution in [0.15, 0.2) is 12.2 Å². The molecule has 0 aliphatic rings. The third-order valence-electron chi connectivity index (χ3n) is 2.22. The zero-order valence-electron chi connectivity index (χ0n) is 9.05. The number of unbranched alkanes of at least 4 members (excludes halogenated alkanes) is 6. The number of hydrogen-bond acceptors (Lipinski definition) is 1. The second kappa shape index (κ2) is 12.6. The molecule has 1 nitrogen and oxygen atoms in total. The number of aliphatic hydroxyl groups excluding tert-OH is 1. The first-order chi connectivity index (χ1) is 6.91. The van der Waals surface area contributed by atoms with Crippen LogP contribution in [0.25, 0.3) is 0 Å². The van der Waals surface area contributed by atoms with Gasteiger partial charge in [-0.3, -0.25) is 4.39 Å². The summed E-state index contributed by atoms with van der Waals surface area (Å²) >= 11 is 0. The molecule has 0 saturated heterocycles. The number of hydrogen-bond donors (Lipinski definition) is 1. The van der Waals surface area contributed by atoms with Gasteiger partial charge in [0.05, 0.1) is 6.67 Å². The molecule has 0 atom stereocenters. The average Bonchev–Trinajstić information content (AvgIpc) is 2.21. The van der Waals surface area contributed by atoms with E-state index < -0.39 is 0 Å². The molecule has 0 aliphatic heterocycles. The molecule has 84 valence electrons. The van der Waals surface area contributed by atoms with Gasteiger partial charge in [-0.05, 0) is 25.7 Å². The van der Waals surface area contributed by atoms with E-state index in [1.54, 1.807) is 0 Å². The van der Waals surface area contributed by atoms with Crippen molar-refractivity contribution in [2.45, 2.75) is 51.4 Å². The normalized spacial score (nSPS) is 11.3. The molecule has 0 saturated carbocycles. The zero-order valence-corrected chi connectivity index (χ0v) is 9.05. The molecule has 0 heterocycles. The predicted molar refractivity (Wildman–Crippen MR) is 59.1 cm³/mol. The number of alkyl halides is 1. The summed E-state index contributed by atoms with van der Waals surface area (Å²) in [6.45, 7) is 0.0869. The van der Waals surface area contributed by atoms with Crippen molar-refractivity contribution in [3.63, 3.8) is 0 Å². The van der Waals surface area contributed by atoms with Gasteiger partial charge in [0.25, 0.3) is 0 Å². The van der Waals surface area contributed by atoms with Crippen molar-refractivity contribution in [3.8, 4) is 0 Å². The third kappa shape index (κ3) is 11.6. The molecule has 0 bridgehead atoms. The van der Waals surface area contributed by atoms with Crippen LogP contribution in [0.1, 0.15) is 51.4 Å². The molecule has 0 amide bonds. The lowest BCUT2D eigenvalue weighted by molar-refractivity contribution is 0.302. The summed E-state index contributed by atoms with van der Waals surface area (Å²) in [6.07, 6.45) is 12.7. The fraction of sp³-hybridized carbons (Fsp3) is 0.833. The number of allylic oxidation sites excluding steroid dienone is 1. The van der Waals surface area contributed by atoms with Gasteiger partial charge in [0.15, 0.2) is 0 Å². The van der Waals surface area contributed by atoms with Gasteiger partial charge in [0.2, 0.25) is 0 Å². The van der Waals surface area contributed by atoms with Gasteiger partial charge in [0, 0.05) is 6.61 Å². The number of aliphatic hydroxyl groups is 1. The van der Waals surface area contributed by atoms with Crippen molar-refractivity contribution >= 4 is 0 Å². The quantitative estimate of drug-likeness (QED) is 0.423. The Morgan fingerprint density at radius 2 is 1.36 bits per heavy atom. The van der Waals surface area contributed by atoms with Crippen molar-refractivity contribution in [2.24, 2.45) is 0 Å². The summed E-state index contributed by atoms with van der Waals surface area (Å²) in [5, 5.41) is 8.51. The molecule has 14 heavy (non-hydrogen) atoms. The van der Waals surface area contributed by atoms with E-state index in [-0.39, 0.29) is 13.3 Å². The highest BCUT2D eigenvalue weighted by molar-refractivity contribution is 4.80. The molecule has 0 unspecified atom stereocenters. The van der Waals surface area contributed by atoms with Crippen LogP contribution in [0.3, 0.4) is 0 Å². The Morgan fingerprint density at radius 1 is 0.786 bits per heavy atom. The molecule has 0 aromatic carbocycles. The molecule has 2 heteroatoms. The lowest BCUT2D eigenvalue weighted by Gasteiger charge is -1.98. The third-order valence-corrected chi connectivity index (χ3v) is 2.22. The van der Waals surface area contributed by atoms with Crippen molar-refractivity contribution in [3.05, 3.63) is 12.2 Å². The van der Waals surface area contributed by atoms with Gasteiger partial charge < -0.3 is 5.11 Å². The van der Waals surface area contributed by atoms with Crippen LogP contribution in [-0.4, -0.2) is 18.4 Å². The van der Waals surface area contributed by atoms with E-state index in [9.17, 15) is 4.39 Å². The Morgan fingerprint density at radius 3 is 2.00 bits per heavy atom. The first kappa shape index (κ1) is 13.6. The second-order valence-electron chi connectivity index (χ2n) is 3.58. The second-order valence-corrected chi connectivity index (χ2v) is 3.58. The van der Waals surface area contributed by atoms with Crippen molar-refractivity contribution in [1.82, 2.24) is 0 Å². The molecule has 0 rings (SSSR count). The SMILES string of the molecule is OCC/C=C/CCCCCCCCF. The molecule has 0 aliphatic carbocycles. The van der Waals surface area contributed by atoms with Crippen LogP contribution >= 0.6 is 0 Å². The maximum Gasteiger partial charge on any atom is 0.0894 e. The first-order valence-electron chi connectivity index (χ1n) is 5.73. The van der Waals surface area contributed by atoms with Gasteiger partial charge >= 0.3 is 0 Å². The van der Waals surface area contributed by atoms with Gasteiger partial charge in [0.1, 0.15) is 0 Å². The van der Waals surface area contributed by atoms with E-state index in [0.717, 1.165) is 25.7 Å². The van der Waals surface area contributed by atoms with Gasteiger partial charge in [-0.15, -0.1) is 0 Å². The van der Waals surface area contributed by atoms with E-state index in [1.807, 2.05) is 6.08 Å². The summed E-state index contributed by atoms with van der Waals surface area (Å²) in [4.78, 5) is 0. The topological polar surface area (TPSA) is 20.2 Å². The maximum absolute atomic E-state index is 11.7. The number of halogens is 1. The summed E-state index contributed by atoms with van der Waals surface area (Å²) in [7, 11) is 0. The minimum Gasteiger partial charge on any atom is -0.396 e. The smallest absolute Gasteiger partial charge is 0.0894 e. The summed E-state index contributed by atoms with van der Waals surface area (Å²) in [5.74, 6) is 0. The van der Waals surface area contributed by atoms with Crippen molar-refractivity contribution in [2.75, 3.05) is 13.3 Å². The molecule has 0 spiro atoms.